The van der Waals surface area contributed by atoms with Gasteiger partial charge in [0.15, 0.2) is 0 Å². The molecule has 6 amide bonds. The van der Waals surface area contributed by atoms with Crippen molar-refractivity contribution in [1.82, 2.24) is 41.5 Å². The zero-order valence-corrected chi connectivity index (χ0v) is 34.6. The molecule has 0 saturated carbocycles. The Hall–Kier alpha value is -5.89. The molecule has 0 bridgehead atoms. The Labute approximate surface area is 348 Å². The number of carbonyl (C=O) groups excluding carboxylic acids is 6. The SMILES string of the molecule is CC(C)C[C@H](NC(=O)[C@@H](N)CC(=O)O)C(=O)N[C@H](C(=O)N[C@@H](CC(C)C)C(=O)N1CCC[C@H]1C(=O)N[C@@H](Cc1ccccc1)C(=O)N[C@@H](Cc1cnc[nH]1)C(=O)O)[C@@H](C)O. The van der Waals surface area contributed by atoms with E-state index < -0.39 is 102 Å². The highest BCUT2D eigenvalue weighted by molar-refractivity contribution is 5.97. The maximum Gasteiger partial charge on any atom is 0.326 e. The third kappa shape index (κ3) is 15.0. The van der Waals surface area contributed by atoms with Crippen molar-refractivity contribution in [3.8, 4) is 0 Å². The number of nitrogens with two attached hydrogens (primary N) is 1. The predicted octanol–water partition coefficient (Wildman–Crippen LogP) is -1.03. The summed E-state index contributed by atoms with van der Waals surface area (Å²) in [6.07, 6.45) is 1.38. The van der Waals surface area contributed by atoms with Gasteiger partial charge in [-0.1, -0.05) is 58.0 Å². The number of rotatable bonds is 23. The number of aliphatic carboxylic acids is 2. The Kier molecular flexibility index (Phi) is 18.6. The van der Waals surface area contributed by atoms with Gasteiger partial charge in [-0.15, -0.1) is 0 Å². The Balaban J connectivity index is 1.80. The molecule has 2 heterocycles. The quantitative estimate of drug-likeness (QED) is 0.0641. The summed E-state index contributed by atoms with van der Waals surface area (Å²) in [5, 5.41) is 42.3. The molecule has 330 valence electrons. The Bertz CT molecular complexity index is 1790. The molecule has 0 spiro atoms. The maximum atomic E-state index is 14.2. The van der Waals surface area contributed by atoms with E-state index in [2.05, 4.69) is 36.6 Å². The van der Waals surface area contributed by atoms with Crippen molar-refractivity contribution in [3.63, 3.8) is 0 Å². The van der Waals surface area contributed by atoms with Crippen molar-refractivity contribution in [2.45, 2.75) is 128 Å². The van der Waals surface area contributed by atoms with Crippen LogP contribution in [0.1, 0.15) is 78.0 Å². The van der Waals surface area contributed by atoms with Gasteiger partial charge >= 0.3 is 11.9 Å². The van der Waals surface area contributed by atoms with Crippen LogP contribution < -0.4 is 32.3 Å². The van der Waals surface area contributed by atoms with E-state index >= 15 is 0 Å². The maximum absolute atomic E-state index is 14.2. The van der Waals surface area contributed by atoms with Gasteiger partial charge in [-0.25, -0.2) is 9.78 Å². The van der Waals surface area contributed by atoms with Crippen molar-refractivity contribution in [2.75, 3.05) is 6.54 Å². The van der Waals surface area contributed by atoms with E-state index in [0.29, 0.717) is 17.7 Å². The molecule has 0 aliphatic carbocycles. The summed E-state index contributed by atoms with van der Waals surface area (Å²) < 4.78 is 0. The normalized spacial score (nSPS) is 17.4. The number of nitrogens with one attached hydrogen (secondary N) is 6. The third-order valence-corrected chi connectivity index (χ3v) is 9.80. The first-order valence-electron chi connectivity index (χ1n) is 20.0. The van der Waals surface area contributed by atoms with Crippen molar-refractivity contribution >= 4 is 47.4 Å². The second-order valence-corrected chi connectivity index (χ2v) is 15.9. The minimum Gasteiger partial charge on any atom is -0.481 e. The molecule has 1 aromatic heterocycles. The zero-order valence-electron chi connectivity index (χ0n) is 34.6. The van der Waals surface area contributed by atoms with Gasteiger partial charge in [-0.05, 0) is 50.0 Å². The van der Waals surface area contributed by atoms with Crippen LogP contribution in [0.3, 0.4) is 0 Å². The standard InChI is InChI=1S/C40H59N9O11/c1-21(2)14-27(44-34(53)26(41)18-32(51)52)36(55)48-33(23(5)50)38(57)46-29(15-22(3)4)39(58)49-13-9-12-31(49)37(56)45-28(16-24-10-7-6-8-11-24)35(54)47-30(40(59)60)17-25-19-42-20-43-25/h6-8,10-11,19-23,26-31,33,50H,9,12-18,41H2,1-5H3,(H,42,43)(H,44,53)(H,45,56)(H,46,57)(H,47,54)(H,48,55)(H,51,52)(H,59,60)/t23-,26+,27+,28+,29+,30+,31+,33+/m1/s1. The van der Waals surface area contributed by atoms with Crippen molar-refractivity contribution < 1.29 is 53.7 Å². The van der Waals surface area contributed by atoms with Crippen LogP contribution in [0.25, 0.3) is 0 Å². The van der Waals surface area contributed by atoms with Gasteiger partial charge in [0.25, 0.3) is 0 Å². The van der Waals surface area contributed by atoms with Gasteiger partial charge in [0.1, 0.15) is 36.3 Å². The minimum atomic E-state index is -1.60. The number of aromatic amines is 1. The van der Waals surface area contributed by atoms with E-state index in [0.717, 1.165) is 0 Å². The average Bonchev–Trinajstić information content (AvgIpc) is 3.88. The number of benzene rings is 1. The van der Waals surface area contributed by atoms with E-state index in [4.69, 9.17) is 10.8 Å². The van der Waals surface area contributed by atoms with Crippen LogP contribution in [0.5, 0.6) is 0 Å². The summed E-state index contributed by atoms with van der Waals surface area (Å²) in [4.78, 5) is 113. The fraction of sp³-hybridized carbons (Fsp3) is 0.575. The molecule has 8 atom stereocenters. The smallest absolute Gasteiger partial charge is 0.326 e. The highest BCUT2D eigenvalue weighted by atomic mass is 16.4. The fourth-order valence-electron chi connectivity index (χ4n) is 6.79. The molecule has 1 saturated heterocycles. The Morgan fingerprint density at radius 1 is 0.783 bits per heavy atom. The summed E-state index contributed by atoms with van der Waals surface area (Å²) in [5.74, 6) is -7.63. The Morgan fingerprint density at radius 3 is 1.95 bits per heavy atom. The van der Waals surface area contributed by atoms with E-state index in [1.807, 2.05) is 13.8 Å². The first kappa shape index (κ1) is 48.5. The number of aromatic nitrogens is 2. The average molecular weight is 842 g/mol. The molecule has 3 rings (SSSR count). The number of imidazole rings is 1. The predicted molar refractivity (Wildman–Crippen MR) is 215 cm³/mol. The summed E-state index contributed by atoms with van der Waals surface area (Å²) in [5.41, 5.74) is 6.83. The van der Waals surface area contributed by atoms with E-state index in [1.54, 1.807) is 44.2 Å². The molecular formula is C40H59N9O11. The van der Waals surface area contributed by atoms with Gasteiger partial charge in [0.05, 0.1) is 24.9 Å². The molecule has 1 aliphatic heterocycles. The number of H-pyrrole nitrogens is 1. The molecule has 1 aliphatic rings. The molecule has 1 fully saturated rings. The van der Waals surface area contributed by atoms with E-state index in [9.17, 15) is 48.6 Å². The lowest BCUT2D eigenvalue weighted by Gasteiger charge is -2.32. The molecule has 20 nitrogen and oxygen atoms in total. The van der Waals surface area contributed by atoms with Crippen LogP contribution in [0.2, 0.25) is 0 Å². The Morgan fingerprint density at radius 2 is 1.38 bits per heavy atom. The monoisotopic (exact) mass is 841 g/mol. The first-order chi connectivity index (χ1) is 28.3. The lowest BCUT2D eigenvalue weighted by atomic mass is 10.00. The van der Waals surface area contributed by atoms with Crippen molar-refractivity contribution in [2.24, 2.45) is 17.6 Å². The number of aliphatic hydroxyl groups excluding tert-OH is 1. The number of hydrogen-bond donors (Lipinski definition) is 10. The highest BCUT2D eigenvalue weighted by Crippen LogP contribution is 2.21. The number of carbonyl (C=O) groups is 8. The number of hydrogen-bond acceptors (Lipinski definition) is 11. The molecule has 0 radical (unpaired) electrons. The van der Waals surface area contributed by atoms with Gasteiger partial charge in [-0.3, -0.25) is 33.6 Å². The number of carboxylic acids is 2. The third-order valence-electron chi connectivity index (χ3n) is 9.80. The van der Waals surface area contributed by atoms with Crippen LogP contribution in [0.15, 0.2) is 42.9 Å². The van der Waals surface area contributed by atoms with E-state index in [1.165, 1.54) is 24.3 Å². The van der Waals surface area contributed by atoms with Gasteiger partial charge in [0, 0.05) is 31.3 Å². The molecule has 1 aromatic carbocycles. The van der Waals surface area contributed by atoms with Crippen LogP contribution in [0, 0.1) is 11.8 Å². The second kappa shape index (κ2) is 23.0. The summed E-state index contributed by atoms with van der Waals surface area (Å²) in [7, 11) is 0. The number of aliphatic hydroxyl groups is 1. The number of amides is 6. The van der Waals surface area contributed by atoms with Gasteiger partial charge in [-0.2, -0.15) is 0 Å². The molecular weight excluding hydrogens is 782 g/mol. The lowest BCUT2D eigenvalue weighted by Crippen LogP contribution is -2.61. The van der Waals surface area contributed by atoms with Crippen LogP contribution >= 0.6 is 0 Å². The summed E-state index contributed by atoms with van der Waals surface area (Å²) in [6.45, 7) is 8.56. The number of likely N-dealkylation sites (tertiary alicyclic amines) is 1. The largest absolute Gasteiger partial charge is 0.481 e. The fourth-order valence-corrected chi connectivity index (χ4v) is 6.79. The van der Waals surface area contributed by atoms with E-state index in [-0.39, 0.29) is 50.5 Å². The van der Waals surface area contributed by atoms with Crippen LogP contribution in [-0.4, -0.2) is 133 Å². The summed E-state index contributed by atoms with van der Waals surface area (Å²) in [6, 6.07) is -0.385. The zero-order chi connectivity index (χ0) is 44.7. The molecule has 11 N–H and O–H groups in total. The molecule has 20 heteroatoms. The van der Waals surface area contributed by atoms with Crippen LogP contribution in [0.4, 0.5) is 0 Å². The molecule has 0 unspecified atom stereocenters. The summed E-state index contributed by atoms with van der Waals surface area (Å²) >= 11 is 0. The highest BCUT2D eigenvalue weighted by Gasteiger charge is 2.41. The van der Waals surface area contributed by atoms with Gasteiger partial charge < -0.3 is 57.5 Å². The van der Waals surface area contributed by atoms with Crippen LogP contribution in [-0.2, 0) is 51.2 Å². The minimum absolute atomic E-state index is 0.00477. The topological polar surface area (TPSA) is 315 Å². The molecule has 2 aromatic rings. The van der Waals surface area contributed by atoms with Gasteiger partial charge in [0.2, 0.25) is 35.4 Å². The van der Waals surface area contributed by atoms with Crippen molar-refractivity contribution in [1.29, 1.82) is 0 Å². The first-order valence-corrected chi connectivity index (χ1v) is 20.0. The van der Waals surface area contributed by atoms with Crippen molar-refractivity contribution in [3.05, 3.63) is 54.1 Å². The molecule has 60 heavy (non-hydrogen) atoms. The second-order valence-electron chi connectivity index (χ2n) is 15.9. The number of carboxylic acid groups (broad SMARTS) is 2. The lowest BCUT2D eigenvalue weighted by molar-refractivity contribution is -0.144. The number of nitrogens with zero attached hydrogens (tertiary/aromatic N) is 2.